The molecule has 2 atom stereocenters. The van der Waals surface area contributed by atoms with Gasteiger partial charge in [0.15, 0.2) is 0 Å². The Kier molecular flexibility index (Phi) is 5.67. The summed E-state index contributed by atoms with van der Waals surface area (Å²) in [6.45, 7) is 9.19. The topological polar surface area (TPSA) is 6.48 Å². The van der Waals surface area contributed by atoms with Crippen molar-refractivity contribution in [1.29, 1.82) is 0 Å². The van der Waals surface area contributed by atoms with Crippen molar-refractivity contribution >= 4 is 25.3 Å². The fraction of sp³-hybridized carbons (Fsp3) is 1.00. The maximum absolute atomic E-state index is 4.30. The summed E-state index contributed by atoms with van der Waals surface area (Å²) < 4.78 is 0. The molecule has 0 bridgehead atoms. The Balaban J connectivity index is 2.44. The molecule has 4 heteroatoms. The van der Waals surface area contributed by atoms with Crippen LogP contribution in [0.4, 0.5) is 0 Å². The van der Waals surface area contributed by atoms with Gasteiger partial charge in [0, 0.05) is 49.8 Å². The standard InChI is InChI=1S/C10H22N2S2/c1-9-7-12(4-6-14)10(2)8-11(9)3-5-13/h9-10,13-14H,3-8H2,1-2H3. The fourth-order valence-electron chi connectivity index (χ4n) is 2.15. The van der Waals surface area contributed by atoms with Crippen LogP contribution in [0.1, 0.15) is 13.8 Å². The Labute approximate surface area is 98.8 Å². The number of hydrogen-bond donors (Lipinski definition) is 2. The zero-order valence-electron chi connectivity index (χ0n) is 9.19. The van der Waals surface area contributed by atoms with Crippen molar-refractivity contribution in [2.24, 2.45) is 0 Å². The Morgan fingerprint density at radius 3 is 1.57 bits per heavy atom. The van der Waals surface area contributed by atoms with Gasteiger partial charge in [0.05, 0.1) is 0 Å². The van der Waals surface area contributed by atoms with Crippen LogP contribution in [-0.4, -0.2) is 59.6 Å². The second kappa shape index (κ2) is 6.26. The Bertz CT molecular complexity index is 148. The molecule has 0 amide bonds. The van der Waals surface area contributed by atoms with Crippen LogP contribution < -0.4 is 0 Å². The van der Waals surface area contributed by atoms with Gasteiger partial charge in [-0.2, -0.15) is 25.3 Å². The molecular formula is C10H22N2S2. The van der Waals surface area contributed by atoms with Crippen LogP contribution in [0.3, 0.4) is 0 Å². The van der Waals surface area contributed by atoms with Gasteiger partial charge in [-0.15, -0.1) is 0 Å². The second-order valence-corrected chi connectivity index (χ2v) is 5.03. The maximum Gasteiger partial charge on any atom is 0.0196 e. The highest BCUT2D eigenvalue weighted by Gasteiger charge is 2.27. The predicted molar refractivity (Wildman–Crippen MR) is 69.8 cm³/mol. The van der Waals surface area contributed by atoms with E-state index >= 15 is 0 Å². The number of thiol groups is 2. The van der Waals surface area contributed by atoms with E-state index in [-0.39, 0.29) is 0 Å². The van der Waals surface area contributed by atoms with Gasteiger partial charge in [0.25, 0.3) is 0 Å². The van der Waals surface area contributed by atoms with Gasteiger partial charge < -0.3 is 0 Å². The minimum Gasteiger partial charge on any atom is -0.297 e. The molecule has 1 aliphatic rings. The summed E-state index contributed by atoms with van der Waals surface area (Å²) in [6, 6.07) is 1.33. The molecule has 1 rings (SSSR count). The molecule has 0 aromatic heterocycles. The van der Waals surface area contributed by atoms with E-state index in [1.54, 1.807) is 0 Å². The molecule has 0 aliphatic carbocycles. The zero-order valence-corrected chi connectivity index (χ0v) is 11.0. The summed E-state index contributed by atoms with van der Waals surface area (Å²) in [5.74, 6) is 1.92. The highest BCUT2D eigenvalue weighted by Crippen LogP contribution is 2.14. The molecule has 1 heterocycles. The van der Waals surface area contributed by atoms with Crippen molar-refractivity contribution < 1.29 is 0 Å². The van der Waals surface area contributed by atoms with Crippen molar-refractivity contribution in [2.45, 2.75) is 25.9 Å². The van der Waals surface area contributed by atoms with Gasteiger partial charge in [-0.1, -0.05) is 0 Å². The molecule has 1 saturated heterocycles. The third kappa shape index (κ3) is 3.33. The van der Waals surface area contributed by atoms with E-state index in [2.05, 4.69) is 48.9 Å². The normalized spacial score (nSPS) is 30.9. The van der Waals surface area contributed by atoms with Crippen LogP contribution >= 0.6 is 25.3 Å². The van der Waals surface area contributed by atoms with E-state index in [0.717, 1.165) is 24.6 Å². The summed E-state index contributed by atoms with van der Waals surface area (Å²) >= 11 is 8.59. The van der Waals surface area contributed by atoms with E-state index in [9.17, 15) is 0 Å². The molecule has 0 saturated carbocycles. The average Bonchev–Trinajstić information content (AvgIpc) is 2.14. The first-order valence-electron chi connectivity index (χ1n) is 5.38. The largest absolute Gasteiger partial charge is 0.297 e. The molecule has 0 N–H and O–H groups in total. The van der Waals surface area contributed by atoms with Gasteiger partial charge in [-0.05, 0) is 13.8 Å². The minimum absolute atomic E-state index is 0.665. The lowest BCUT2D eigenvalue weighted by molar-refractivity contribution is 0.0517. The van der Waals surface area contributed by atoms with E-state index < -0.39 is 0 Å². The van der Waals surface area contributed by atoms with Gasteiger partial charge in [0.1, 0.15) is 0 Å². The summed E-state index contributed by atoms with van der Waals surface area (Å²) in [7, 11) is 0. The number of rotatable bonds is 4. The monoisotopic (exact) mass is 234 g/mol. The molecule has 14 heavy (non-hydrogen) atoms. The van der Waals surface area contributed by atoms with Gasteiger partial charge in [-0.25, -0.2) is 0 Å². The van der Waals surface area contributed by atoms with E-state index in [4.69, 9.17) is 0 Å². The highest BCUT2D eigenvalue weighted by atomic mass is 32.1. The molecule has 0 radical (unpaired) electrons. The third-order valence-corrected chi connectivity index (χ3v) is 3.42. The van der Waals surface area contributed by atoms with Crippen molar-refractivity contribution in [1.82, 2.24) is 9.80 Å². The molecule has 0 spiro atoms. The average molecular weight is 234 g/mol. The number of hydrogen-bond acceptors (Lipinski definition) is 4. The lowest BCUT2D eigenvalue weighted by Crippen LogP contribution is -2.56. The van der Waals surface area contributed by atoms with Crippen LogP contribution in [0, 0.1) is 0 Å². The zero-order chi connectivity index (χ0) is 10.6. The summed E-state index contributed by atoms with van der Waals surface area (Å²) in [4.78, 5) is 5.07. The molecule has 2 unspecified atom stereocenters. The van der Waals surface area contributed by atoms with Crippen LogP contribution in [0.2, 0.25) is 0 Å². The molecule has 1 aliphatic heterocycles. The first-order valence-corrected chi connectivity index (χ1v) is 6.65. The van der Waals surface area contributed by atoms with Crippen LogP contribution in [-0.2, 0) is 0 Å². The quantitative estimate of drug-likeness (QED) is 0.707. The smallest absolute Gasteiger partial charge is 0.0196 e. The third-order valence-electron chi connectivity index (χ3n) is 3.02. The fourth-order valence-corrected chi connectivity index (χ4v) is 2.66. The molecule has 2 nitrogen and oxygen atoms in total. The Morgan fingerprint density at radius 2 is 1.29 bits per heavy atom. The lowest BCUT2D eigenvalue weighted by Gasteiger charge is -2.44. The van der Waals surface area contributed by atoms with Crippen molar-refractivity contribution in [3.8, 4) is 0 Å². The molecule has 0 aromatic carbocycles. The van der Waals surface area contributed by atoms with E-state index in [1.165, 1.54) is 13.1 Å². The van der Waals surface area contributed by atoms with Crippen LogP contribution in [0.15, 0.2) is 0 Å². The maximum atomic E-state index is 4.30. The minimum atomic E-state index is 0.665. The van der Waals surface area contributed by atoms with E-state index in [1.807, 2.05) is 0 Å². The number of piperazine rings is 1. The molecule has 84 valence electrons. The van der Waals surface area contributed by atoms with Gasteiger partial charge in [0.2, 0.25) is 0 Å². The van der Waals surface area contributed by atoms with Crippen LogP contribution in [0.25, 0.3) is 0 Å². The summed E-state index contributed by atoms with van der Waals surface area (Å²) in [5.41, 5.74) is 0. The first-order chi connectivity index (χ1) is 6.69. The molecular weight excluding hydrogens is 212 g/mol. The second-order valence-electron chi connectivity index (χ2n) is 4.14. The van der Waals surface area contributed by atoms with Gasteiger partial charge in [-0.3, -0.25) is 9.80 Å². The highest BCUT2D eigenvalue weighted by molar-refractivity contribution is 7.80. The van der Waals surface area contributed by atoms with Crippen LogP contribution in [0.5, 0.6) is 0 Å². The van der Waals surface area contributed by atoms with Crippen molar-refractivity contribution in [3.05, 3.63) is 0 Å². The van der Waals surface area contributed by atoms with E-state index in [0.29, 0.717) is 12.1 Å². The number of nitrogens with zero attached hydrogens (tertiary/aromatic N) is 2. The first kappa shape index (κ1) is 12.7. The Morgan fingerprint density at radius 1 is 0.929 bits per heavy atom. The van der Waals surface area contributed by atoms with Crippen molar-refractivity contribution in [3.63, 3.8) is 0 Å². The van der Waals surface area contributed by atoms with Gasteiger partial charge >= 0.3 is 0 Å². The molecule has 1 fully saturated rings. The predicted octanol–water partition coefficient (Wildman–Crippen LogP) is 1.24. The summed E-state index contributed by atoms with van der Waals surface area (Å²) in [6.07, 6.45) is 0. The molecule has 0 aromatic rings. The lowest BCUT2D eigenvalue weighted by atomic mass is 10.1. The summed E-state index contributed by atoms with van der Waals surface area (Å²) in [5, 5.41) is 0. The SMILES string of the molecule is CC1CN(CCS)C(C)CN1CCS. The Hall–Kier alpha value is 0.620. The van der Waals surface area contributed by atoms with Crippen molar-refractivity contribution in [2.75, 3.05) is 37.7 Å².